The Morgan fingerprint density at radius 2 is 2.10 bits per heavy atom. The van der Waals surface area contributed by atoms with Gasteiger partial charge in [0.05, 0.1) is 12.1 Å². The van der Waals surface area contributed by atoms with Gasteiger partial charge >= 0.3 is 0 Å². The second kappa shape index (κ2) is 6.89. The Morgan fingerprint density at radius 3 is 2.75 bits per heavy atom. The molecule has 0 saturated carbocycles. The molecule has 0 aliphatic rings. The van der Waals surface area contributed by atoms with Crippen LogP contribution in [0, 0.1) is 6.92 Å². The topological polar surface area (TPSA) is 57.8 Å². The summed E-state index contributed by atoms with van der Waals surface area (Å²) in [5.41, 5.74) is 3.38. The van der Waals surface area contributed by atoms with Crippen LogP contribution in [0.3, 0.4) is 0 Å². The van der Waals surface area contributed by atoms with Gasteiger partial charge in [0.25, 0.3) is 0 Å². The van der Waals surface area contributed by atoms with E-state index in [1.165, 1.54) is 5.56 Å². The van der Waals surface area contributed by atoms with Gasteiger partial charge in [-0.25, -0.2) is 0 Å². The van der Waals surface area contributed by atoms with E-state index in [1.807, 2.05) is 50.4 Å². The van der Waals surface area contributed by atoms with E-state index >= 15 is 0 Å². The lowest BCUT2D eigenvalue weighted by atomic mass is 10.0. The normalized spacial score (nSPS) is 12.1. The highest BCUT2D eigenvalue weighted by Gasteiger charge is 2.13. The minimum Gasteiger partial charge on any atom is -0.356 e. The summed E-state index contributed by atoms with van der Waals surface area (Å²) in [6.07, 6.45) is 3.71. The predicted octanol–water partition coefficient (Wildman–Crippen LogP) is 2.57. The van der Waals surface area contributed by atoms with Gasteiger partial charge in [-0.05, 0) is 37.8 Å². The standard InChI is InChI=1S/C16H21N3O/c1-12(14-7-4-3-5-8-14)16(20)17-10-6-9-15-11-18-19-13(15)2/h3-5,7-8,11-12H,6,9-10H2,1-2H3,(H,17,20)(H,18,19). The zero-order valence-corrected chi connectivity index (χ0v) is 12.0. The first-order chi connectivity index (χ1) is 9.68. The fraction of sp³-hybridized carbons (Fsp3) is 0.375. The summed E-state index contributed by atoms with van der Waals surface area (Å²) in [7, 11) is 0. The summed E-state index contributed by atoms with van der Waals surface area (Å²) in [5.74, 6) is -0.0213. The summed E-state index contributed by atoms with van der Waals surface area (Å²) in [6, 6.07) is 9.85. The summed E-state index contributed by atoms with van der Waals surface area (Å²) < 4.78 is 0. The molecule has 1 aromatic carbocycles. The van der Waals surface area contributed by atoms with E-state index in [0.717, 1.165) is 24.1 Å². The number of aryl methyl sites for hydroxylation is 2. The zero-order chi connectivity index (χ0) is 14.4. The molecule has 1 heterocycles. The van der Waals surface area contributed by atoms with E-state index in [9.17, 15) is 4.79 Å². The first-order valence-electron chi connectivity index (χ1n) is 7.00. The number of benzene rings is 1. The average Bonchev–Trinajstić information content (AvgIpc) is 2.89. The maximum atomic E-state index is 12.0. The number of nitrogens with one attached hydrogen (secondary N) is 2. The highest BCUT2D eigenvalue weighted by molar-refractivity contribution is 5.83. The molecule has 1 aromatic heterocycles. The summed E-state index contributed by atoms with van der Waals surface area (Å²) in [4.78, 5) is 12.0. The highest BCUT2D eigenvalue weighted by Crippen LogP contribution is 2.14. The minimum absolute atomic E-state index is 0.0834. The summed E-state index contributed by atoms with van der Waals surface area (Å²) >= 11 is 0. The molecule has 1 unspecified atom stereocenters. The Hall–Kier alpha value is -2.10. The van der Waals surface area contributed by atoms with Gasteiger partial charge in [-0.15, -0.1) is 0 Å². The van der Waals surface area contributed by atoms with Gasteiger partial charge in [0, 0.05) is 12.2 Å². The third-order valence-electron chi connectivity index (χ3n) is 3.55. The number of hydrogen-bond donors (Lipinski definition) is 2. The third-order valence-corrected chi connectivity index (χ3v) is 3.55. The Kier molecular flexibility index (Phi) is 4.93. The summed E-state index contributed by atoms with van der Waals surface area (Å²) in [6.45, 7) is 4.64. The largest absolute Gasteiger partial charge is 0.356 e. The molecular formula is C16H21N3O. The van der Waals surface area contributed by atoms with Crippen LogP contribution in [0.2, 0.25) is 0 Å². The molecule has 2 N–H and O–H groups in total. The molecule has 4 heteroatoms. The number of aromatic nitrogens is 2. The van der Waals surface area contributed by atoms with Crippen molar-refractivity contribution >= 4 is 5.91 Å². The Labute approximate surface area is 119 Å². The van der Waals surface area contributed by atoms with E-state index in [2.05, 4.69) is 15.5 Å². The zero-order valence-electron chi connectivity index (χ0n) is 12.0. The van der Waals surface area contributed by atoms with Crippen LogP contribution in [0.15, 0.2) is 36.5 Å². The molecule has 0 fully saturated rings. The smallest absolute Gasteiger partial charge is 0.227 e. The second-order valence-electron chi connectivity index (χ2n) is 5.05. The third kappa shape index (κ3) is 3.70. The second-order valence-corrected chi connectivity index (χ2v) is 5.05. The number of H-pyrrole nitrogens is 1. The van der Waals surface area contributed by atoms with Crippen molar-refractivity contribution in [2.75, 3.05) is 6.54 Å². The lowest BCUT2D eigenvalue weighted by Crippen LogP contribution is -2.29. The van der Waals surface area contributed by atoms with Crippen molar-refractivity contribution < 1.29 is 4.79 Å². The summed E-state index contributed by atoms with van der Waals surface area (Å²) in [5, 5.41) is 9.91. The van der Waals surface area contributed by atoms with Gasteiger partial charge in [0.2, 0.25) is 5.91 Å². The van der Waals surface area contributed by atoms with E-state index in [-0.39, 0.29) is 11.8 Å². The number of amides is 1. The molecular weight excluding hydrogens is 250 g/mol. The van der Waals surface area contributed by atoms with Crippen LogP contribution < -0.4 is 5.32 Å². The minimum atomic E-state index is -0.105. The van der Waals surface area contributed by atoms with Crippen LogP contribution in [0.1, 0.15) is 36.1 Å². The van der Waals surface area contributed by atoms with Crippen LogP contribution in [0.25, 0.3) is 0 Å². The van der Waals surface area contributed by atoms with Crippen molar-refractivity contribution in [3.63, 3.8) is 0 Å². The number of aromatic amines is 1. The number of carbonyl (C=O) groups is 1. The van der Waals surface area contributed by atoms with E-state index in [4.69, 9.17) is 0 Å². The van der Waals surface area contributed by atoms with Crippen LogP contribution >= 0.6 is 0 Å². The van der Waals surface area contributed by atoms with Gasteiger partial charge in [-0.2, -0.15) is 5.10 Å². The maximum Gasteiger partial charge on any atom is 0.227 e. The molecule has 1 amide bonds. The molecule has 1 atom stereocenters. The predicted molar refractivity (Wildman–Crippen MR) is 79.5 cm³/mol. The molecule has 2 aromatic rings. The highest BCUT2D eigenvalue weighted by atomic mass is 16.1. The first-order valence-corrected chi connectivity index (χ1v) is 7.00. The van der Waals surface area contributed by atoms with Crippen molar-refractivity contribution in [2.24, 2.45) is 0 Å². The molecule has 20 heavy (non-hydrogen) atoms. The van der Waals surface area contributed by atoms with Gasteiger partial charge in [0.1, 0.15) is 0 Å². The fourth-order valence-electron chi connectivity index (χ4n) is 2.16. The van der Waals surface area contributed by atoms with E-state index < -0.39 is 0 Å². The maximum absolute atomic E-state index is 12.0. The average molecular weight is 271 g/mol. The van der Waals surface area contributed by atoms with Crippen LogP contribution in [0.5, 0.6) is 0 Å². The Morgan fingerprint density at radius 1 is 1.35 bits per heavy atom. The van der Waals surface area contributed by atoms with Gasteiger partial charge in [-0.1, -0.05) is 30.3 Å². The molecule has 0 saturated heterocycles. The van der Waals surface area contributed by atoms with Crippen molar-refractivity contribution in [3.8, 4) is 0 Å². The van der Waals surface area contributed by atoms with Crippen LogP contribution in [0.4, 0.5) is 0 Å². The van der Waals surface area contributed by atoms with Gasteiger partial charge < -0.3 is 5.32 Å². The Bertz CT molecular complexity index is 548. The lowest BCUT2D eigenvalue weighted by molar-refractivity contribution is -0.122. The fourth-order valence-corrected chi connectivity index (χ4v) is 2.16. The van der Waals surface area contributed by atoms with E-state index in [0.29, 0.717) is 6.54 Å². The van der Waals surface area contributed by atoms with Gasteiger partial charge in [-0.3, -0.25) is 9.89 Å². The quantitative estimate of drug-likeness (QED) is 0.793. The first kappa shape index (κ1) is 14.3. The number of nitrogens with zero attached hydrogens (tertiary/aromatic N) is 1. The molecule has 0 aliphatic heterocycles. The molecule has 0 bridgehead atoms. The van der Waals surface area contributed by atoms with Crippen molar-refractivity contribution in [1.82, 2.24) is 15.5 Å². The monoisotopic (exact) mass is 271 g/mol. The van der Waals surface area contributed by atoms with Crippen LogP contribution in [-0.2, 0) is 11.2 Å². The van der Waals surface area contributed by atoms with E-state index in [1.54, 1.807) is 0 Å². The molecule has 0 radical (unpaired) electrons. The molecule has 4 nitrogen and oxygen atoms in total. The molecule has 2 rings (SSSR count). The van der Waals surface area contributed by atoms with Crippen molar-refractivity contribution in [3.05, 3.63) is 53.3 Å². The number of rotatable bonds is 6. The number of carbonyl (C=O) groups excluding carboxylic acids is 1. The van der Waals surface area contributed by atoms with Crippen LogP contribution in [-0.4, -0.2) is 22.6 Å². The molecule has 0 aliphatic carbocycles. The molecule has 0 spiro atoms. The van der Waals surface area contributed by atoms with Gasteiger partial charge in [0.15, 0.2) is 0 Å². The molecule has 106 valence electrons. The van der Waals surface area contributed by atoms with Crippen molar-refractivity contribution in [2.45, 2.75) is 32.6 Å². The van der Waals surface area contributed by atoms with Crippen molar-refractivity contribution in [1.29, 1.82) is 0 Å². The Balaban J connectivity index is 1.74. The SMILES string of the molecule is Cc1[nH]ncc1CCCNC(=O)C(C)c1ccccc1. The number of hydrogen-bond acceptors (Lipinski definition) is 2. The lowest BCUT2D eigenvalue weighted by Gasteiger charge is -2.12.